The fraction of sp³-hybridized carbons (Fsp3) is 0.652. The van der Waals surface area contributed by atoms with E-state index >= 15 is 0 Å². The summed E-state index contributed by atoms with van der Waals surface area (Å²) in [6, 6.07) is 6.21. The van der Waals surface area contributed by atoms with Crippen LogP contribution in [0.5, 0.6) is 5.75 Å². The normalized spacial score (nSPS) is 29.4. The largest absolute Gasteiger partial charge is 0.496 e. The molecule has 0 spiro atoms. The van der Waals surface area contributed by atoms with Gasteiger partial charge in [0.1, 0.15) is 5.75 Å². The Bertz CT molecular complexity index is 762. The third-order valence-corrected chi connectivity index (χ3v) is 7.04. The first kappa shape index (κ1) is 19.9. The molecule has 0 N–H and O–H groups in total. The van der Waals surface area contributed by atoms with Crippen LogP contribution in [0.3, 0.4) is 0 Å². The molecule has 146 valence electrons. The number of ketones is 1. The zero-order valence-corrected chi connectivity index (χ0v) is 17.1. The Morgan fingerprint density at radius 3 is 2.74 bits per heavy atom. The molecule has 0 heterocycles. The van der Waals surface area contributed by atoms with Crippen molar-refractivity contribution in [1.82, 2.24) is 0 Å². The van der Waals surface area contributed by atoms with Crippen LogP contribution in [0.15, 0.2) is 12.1 Å². The smallest absolute Gasteiger partial charge is 0.167 e. The highest BCUT2D eigenvalue weighted by Crippen LogP contribution is 2.57. The van der Waals surface area contributed by atoms with E-state index in [9.17, 15) is 4.79 Å². The fourth-order valence-corrected chi connectivity index (χ4v) is 5.82. The van der Waals surface area contributed by atoms with Crippen molar-refractivity contribution < 1.29 is 14.3 Å². The number of carbonyl (C=O) groups excluding carboxylic acids is 1. The summed E-state index contributed by atoms with van der Waals surface area (Å²) in [7, 11) is 3.43. The monoisotopic (exact) mass is 369 g/mol. The zero-order valence-electron chi connectivity index (χ0n) is 17.1. The lowest BCUT2D eigenvalue weighted by Crippen LogP contribution is -2.50. The second kappa shape index (κ2) is 7.64. The number of benzene rings is 1. The minimum atomic E-state index is -0.00339. The zero-order chi connectivity index (χ0) is 19.7. The Morgan fingerprint density at radius 1 is 1.30 bits per heavy atom. The van der Waals surface area contributed by atoms with Gasteiger partial charge in [0.2, 0.25) is 0 Å². The number of ether oxygens (including phenoxy) is 2. The van der Waals surface area contributed by atoms with E-state index in [1.807, 2.05) is 6.07 Å². The summed E-state index contributed by atoms with van der Waals surface area (Å²) < 4.78 is 11.2. The van der Waals surface area contributed by atoms with Crippen LogP contribution >= 0.6 is 0 Å². The maximum atomic E-state index is 12.6. The van der Waals surface area contributed by atoms with E-state index < -0.39 is 0 Å². The van der Waals surface area contributed by atoms with E-state index in [0.717, 1.165) is 25.9 Å². The van der Waals surface area contributed by atoms with Crippen molar-refractivity contribution in [2.24, 2.45) is 11.3 Å². The van der Waals surface area contributed by atoms with Gasteiger partial charge < -0.3 is 9.47 Å². The molecule has 2 aliphatic rings. The van der Waals surface area contributed by atoms with E-state index in [1.54, 1.807) is 14.2 Å². The third kappa shape index (κ3) is 3.38. The van der Waals surface area contributed by atoms with Crippen LogP contribution in [0.4, 0.5) is 0 Å². The van der Waals surface area contributed by atoms with Crippen LogP contribution in [-0.2, 0) is 16.6 Å². The lowest BCUT2D eigenvalue weighted by atomic mass is 9.50. The number of methoxy groups -OCH3 is 2. The summed E-state index contributed by atoms with van der Waals surface area (Å²) in [5, 5.41) is 8.79. The van der Waals surface area contributed by atoms with Crippen molar-refractivity contribution in [3.05, 3.63) is 28.8 Å². The first-order valence-corrected chi connectivity index (χ1v) is 10.00. The Kier molecular flexibility index (Phi) is 5.63. The molecule has 1 aromatic rings. The number of nitriles is 1. The van der Waals surface area contributed by atoms with Gasteiger partial charge in [-0.05, 0) is 65.7 Å². The van der Waals surface area contributed by atoms with E-state index in [-0.39, 0.29) is 29.5 Å². The lowest BCUT2D eigenvalue weighted by molar-refractivity contribution is -0.0325. The third-order valence-electron chi connectivity index (χ3n) is 7.04. The van der Waals surface area contributed by atoms with Crippen molar-refractivity contribution >= 4 is 5.78 Å². The van der Waals surface area contributed by atoms with Crippen molar-refractivity contribution in [3.8, 4) is 11.8 Å². The number of Topliss-reactive ketones (excluding diaryl/α,β-unsaturated/α-hetero) is 1. The van der Waals surface area contributed by atoms with Gasteiger partial charge >= 0.3 is 0 Å². The number of carbonyl (C=O) groups is 1. The van der Waals surface area contributed by atoms with Crippen LogP contribution in [0.2, 0.25) is 0 Å². The number of rotatable bonds is 6. The predicted octanol–water partition coefficient (Wildman–Crippen LogP) is 4.84. The van der Waals surface area contributed by atoms with Gasteiger partial charge in [0.15, 0.2) is 5.78 Å². The highest BCUT2D eigenvalue weighted by atomic mass is 16.5. The molecule has 0 aromatic heterocycles. The molecule has 0 amide bonds. The number of fused-ring (bicyclic) bond motifs is 3. The second-order valence-electron chi connectivity index (χ2n) is 8.74. The van der Waals surface area contributed by atoms with Gasteiger partial charge in [-0.3, -0.25) is 4.79 Å². The minimum absolute atomic E-state index is 0.00339. The van der Waals surface area contributed by atoms with Crippen molar-refractivity contribution in [2.45, 2.75) is 64.2 Å². The van der Waals surface area contributed by atoms with Crippen LogP contribution in [0.1, 0.15) is 73.9 Å². The molecule has 1 saturated carbocycles. The number of hydrogen-bond acceptors (Lipinski definition) is 4. The quantitative estimate of drug-likeness (QED) is 0.673. The molecule has 4 nitrogen and oxygen atoms in total. The molecule has 3 rings (SSSR count). The van der Waals surface area contributed by atoms with E-state index in [2.05, 4.69) is 26.0 Å². The Hall–Kier alpha value is -1.86. The molecular weight excluding hydrogens is 338 g/mol. The highest BCUT2D eigenvalue weighted by molar-refractivity contribution is 5.99. The maximum absolute atomic E-state index is 12.6. The average Bonchev–Trinajstić information content (AvgIpc) is 2.65. The molecule has 0 unspecified atom stereocenters. The maximum Gasteiger partial charge on any atom is 0.167 e. The summed E-state index contributed by atoms with van der Waals surface area (Å²) >= 11 is 0. The molecule has 4 heteroatoms. The fourth-order valence-electron chi connectivity index (χ4n) is 5.82. The summed E-state index contributed by atoms with van der Waals surface area (Å²) in [5.74, 6) is 1.21. The number of aryl methyl sites for hydroxylation is 1. The second-order valence-corrected chi connectivity index (χ2v) is 8.74. The molecule has 3 atom stereocenters. The van der Waals surface area contributed by atoms with Gasteiger partial charge in [-0.25, -0.2) is 0 Å². The highest BCUT2D eigenvalue weighted by Gasteiger charge is 2.52. The Labute approximate surface area is 162 Å². The van der Waals surface area contributed by atoms with E-state index in [1.165, 1.54) is 24.0 Å². The molecule has 0 aliphatic heterocycles. The molecule has 0 radical (unpaired) electrons. The summed E-state index contributed by atoms with van der Waals surface area (Å²) in [6.45, 7) is 5.56. The first-order chi connectivity index (χ1) is 12.9. The van der Waals surface area contributed by atoms with Gasteiger partial charge in [-0.15, -0.1) is 0 Å². The Morgan fingerprint density at radius 2 is 2.07 bits per heavy atom. The van der Waals surface area contributed by atoms with Crippen LogP contribution in [0.25, 0.3) is 0 Å². The standard InChI is InChI=1S/C23H31NO3/c1-22(15-26-3)10-6-11-23(2)18-14-20(27-4)17(19(25)7-5-12-24)13-16(18)8-9-21(22)23/h13-14,21H,5-11,15H2,1-4H3/t21-,22+,23+/m0/s1. The van der Waals surface area contributed by atoms with Gasteiger partial charge in [0.25, 0.3) is 0 Å². The summed E-state index contributed by atoms with van der Waals surface area (Å²) in [4.78, 5) is 12.6. The van der Waals surface area contributed by atoms with Crippen LogP contribution in [0, 0.1) is 22.7 Å². The van der Waals surface area contributed by atoms with E-state index in [4.69, 9.17) is 14.7 Å². The van der Waals surface area contributed by atoms with Crippen molar-refractivity contribution in [1.29, 1.82) is 5.26 Å². The molecule has 0 bridgehead atoms. The van der Waals surface area contributed by atoms with Crippen LogP contribution in [-0.4, -0.2) is 26.6 Å². The molecule has 0 saturated heterocycles. The first-order valence-electron chi connectivity index (χ1n) is 10.00. The molecular formula is C23H31NO3. The molecule has 1 aromatic carbocycles. The minimum Gasteiger partial charge on any atom is -0.496 e. The predicted molar refractivity (Wildman–Crippen MR) is 105 cm³/mol. The van der Waals surface area contributed by atoms with Gasteiger partial charge in [0.05, 0.1) is 25.3 Å². The number of nitrogens with zero attached hydrogens (tertiary/aromatic N) is 1. The topological polar surface area (TPSA) is 59.3 Å². The number of hydrogen-bond donors (Lipinski definition) is 0. The van der Waals surface area contributed by atoms with Gasteiger partial charge in [-0.1, -0.05) is 20.3 Å². The average molecular weight is 370 g/mol. The molecule has 1 fully saturated rings. The lowest BCUT2D eigenvalue weighted by Gasteiger charge is -2.55. The SMILES string of the molecule is COC[C@@]1(C)CCC[C@]2(C)c3cc(OC)c(C(=O)CCC#N)cc3CC[C@@H]12. The van der Waals surface area contributed by atoms with Crippen molar-refractivity contribution in [2.75, 3.05) is 20.8 Å². The van der Waals surface area contributed by atoms with Crippen LogP contribution < -0.4 is 4.74 Å². The van der Waals surface area contributed by atoms with Gasteiger partial charge in [0, 0.05) is 20.0 Å². The summed E-state index contributed by atoms with van der Waals surface area (Å²) in [6.07, 6.45) is 6.16. The molecule has 2 aliphatic carbocycles. The Balaban J connectivity index is 2.04. The van der Waals surface area contributed by atoms with E-state index in [0.29, 0.717) is 17.2 Å². The molecule has 27 heavy (non-hydrogen) atoms. The van der Waals surface area contributed by atoms with Crippen molar-refractivity contribution in [3.63, 3.8) is 0 Å². The summed E-state index contributed by atoms with van der Waals surface area (Å²) in [5.41, 5.74) is 3.52. The van der Waals surface area contributed by atoms with Gasteiger partial charge in [-0.2, -0.15) is 5.26 Å².